The van der Waals surface area contributed by atoms with E-state index in [-0.39, 0.29) is 61.5 Å². The van der Waals surface area contributed by atoms with Crippen molar-refractivity contribution in [1.82, 2.24) is 30.2 Å². The van der Waals surface area contributed by atoms with Gasteiger partial charge < -0.3 is 31.1 Å². The molecule has 2 aromatic heterocycles. The molecule has 0 spiro atoms. The number of nitrogens with zero attached hydrogens (tertiary/aromatic N) is 4. The minimum Gasteiger partial charge on any atom is -0.481 e. The molecule has 2 amide bonds. The molecule has 2 heterocycles. The van der Waals surface area contributed by atoms with Crippen molar-refractivity contribution in [2.75, 3.05) is 0 Å². The molecule has 6 N–H and O–H groups in total. The number of carbonyl (C=O) groups excluding carboxylic acids is 2. The van der Waals surface area contributed by atoms with Crippen LogP contribution in [0.5, 0.6) is 0 Å². The predicted molar refractivity (Wildman–Crippen MR) is 232 cm³/mol. The zero-order valence-electron chi connectivity index (χ0n) is 33.0. The van der Waals surface area contributed by atoms with E-state index in [1.807, 2.05) is 30.3 Å². The number of carboxylic acids is 4. The number of amides is 2. The van der Waals surface area contributed by atoms with Crippen LogP contribution in [0.4, 0.5) is 0 Å². The number of carboxylic acid groups (broad SMARTS) is 4. The molecule has 0 radical (unpaired) electrons. The fraction of sp³-hybridized carbons (Fsp3) is 0.182. The maximum atomic E-state index is 12.8. The smallest absolute Gasteiger partial charge is 0.354 e. The van der Waals surface area contributed by atoms with Crippen molar-refractivity contribution in [3.05, 3.63) is 175 Å². The van der Waals surface area contributed by atoms with Gasteiger partial charge in [0.05, 0.1) is 25.9 Å². The number of nitrogens with one attached hydrogen (secondary N) is 2. The van der Waals surface area contributed by atoms with Gasteiger partial charge in [0.2, 0.25) is 0 Å². The second kappa shape index (κ2) is 22.2. The van der Waals surface area contributed by atoms with E-state index < -0.39 is 47.8 Å². The standard InChI is InChI=1S/C22H19Cl2N3O5.C22H20ClN3O5/c23-15-7-5-13(6-8-15)12-27-19(22(31)32)11-18(26-27)21(30)25-16(10-20(28)29)9-14-3-1-2-4-17(14)24;23-17-9-5-4-8-15(17)10-16(11-20(27)28)24-21(29)18-12-19(22(30)31)26(25-18)13-14-6-2-1-3-7-14/h1-8,11,16H,9-10,12H2,(H,25,30)(H,28,29)(H,31,32);1-9,12,16H,10-11,13H2,(H,24,29)(H,27,28)(H,30,31)/t2*16-/m11/s1. The number of aromatic carboxylic acids is 2. The van der Waals surface area contributed by atoms with Gasteiger partial charge in [-0.2, -0.15) is 10.2 Å². The molecule has 6 rings (SSSR count). The van der Waals surface area contributed by atoms with Gasteiger partial charge >= 0.3 is 23.9 Å². The molecule has 0 aliphatic heterocycles. The maximum Gasteiger partial charge on any atom is 0.354 e. The van der Waals surface area contributed by atoms with Crippen LogP contribution in [0.15, 0.2) is 115 Å². The van der Waals surface area contributed by atoms with E-state index in [9.17, 15) is 49.2 Å². The number of hydrogen-bond donors (Lipinski definition) is 6. The number of aliphatic carboxylic acids is 2. The summed E-state index contributed by atoms with van der Waals surface area (Å²) in [5.74, 6) is -5.99. The normalized spacial score (nSPS) is 11.7. The van der Waals surface area contributed by atoms with E-state index in [0.717, 1.165) is 17.2 Å². The topological polar surface area (TPSA) is 243 Å². The van der Waals surface area contributed by atoms with Crippen LogP contribution < -0.4 is 10.6 Å². The molecule has 0 bridgehead atoms. The lowest BCUT2D eigenvalue weighted by Crippen LogP contribution is -2.38. The number of rotatable bonds is 18. The highest BCUT2D eigenvalue weighted by Gasteiger charge is 2.25. The van der Waals surface area contributed by atoms with Gasteiger partial charge in [0.25, 0.3) is 11.8 Å². The van der Waals surface area contributed by atoms with E-state index in [2.05, 4.69) is 20.8 Å². The van der Waals surface area contributed by atoms with E-state index in [4.69, 9.17) is 34.8 Å². The Balaban J connectivity index is 0.000000238. The van der Waals surface area contributed by atoms with Crippen LogP contribution in [0.3, 0.4) is 0 Å². The summed E-state index contributed by atoms with van der Waals surface area (Å²) in [5.41, 5.74) is 2.38. The second-order valence-electron chi connectivity index (χ2n) is 14.0. The Bertz CT molecular complexity index is 2600. The van der Waals surface area contributed by atoms with E-state index in [0.29, 0.717) is 26.2 Å². The van der Waals surface area contributed by atoms with E-state index in [1.165, 1.54) is 15.4 Å². The molecular formula is C44H39Cl3N6O10. The Labute approximate surface area is 374 Å². The van der Waals surface area contributed by atoms with Crippen LogP contribution in [-0.2, 0) is 35.5 Å². The molecule has 16 nitrogen and oxygen atoms in total. The van der Waals surface area contributed by atoms with Gasteiger partial charge in [0.1, 0.15) is 11.4 Å². The highest BCUT2D eigenvalue weighted by atomic mass is 35.5. The molecule has 0 unspecified atom stereocenters. The molecule has 6 aromatic rings. The number of benzene rings is 4. The summed E-state index contributed by atoms with van der Waals surface area (Å²) in [6.45, 7) is 0.290. The average Bonchev–Trinajstić information content (AvgIpc) is 3.86. The summed E-state index contributed by atoms with van der Waals surface area (Å²) in [6.07, 6.45) is -0.273. The SMILES string of the molecule is O=C(O)C[C@@H](Cc1ccccc1Cl)NC(=O)c1cc(C(=O)O)n(Cc2ccc(Cl)cc2)n1.O=C(O)C[C@@H](Cc1ccccc1Cl)NC(=O)c1cc(C(=O)O)n(Cc2ccccc2)n1. The van der Waals surface area contributed by atoms with Crippen molar-refractivity contribution in [2.45, 2.75) is 50.9 Å². The molecule has 0 saturated carbocycles. The Morgan fingerprint density at radius 2 is 0.905 bits per heavy atom. The highest BCUT2D eigenvalue weighted by molar-refractivity contribution is 6.31. The quantitative estimate of drug-likeness (QED) is 0.0519. The van der Waals surface area contributed by atoms with Crippen molar-refractivity contribution >= 4 is 70.5 Å². The maximum absolute atomic E-state index is 12.8. The van der Waals surface area contributed by atoms with Crippen molar-refractivity contribution in [2.24, 2.45) is 0 Å². The summed E-state index contributed by atoms with van der Waals surface area (Å²) in [4.78, 5) is 71.3. The first-order chi connectivity index (χ1) is 30.1. The van der Waals surface area contributed by atoms with Gasteiger partial charge in [-0.1, -0.05) is 114 Å². The molecule has 2 atom stereocenters. The summed E-state index contributed by atoms with van der Waals surface area (Å²) in [7, 11) is 0. The fourth-order valence-electron chi connectivity index (χ4n) is 6.31. The molecular weight excluding hydrogens is 879 g/mol. The molecule has 0 fully saturated rings. The van der Waals surface area contributed by atoms with Crippen LogP contribution in [0.1, 0.15) is 77.0 Å². The lowest BCUT2D eigenvalue weighted by molar-refractivity contribution is -0.138. The fourth-order valence-corrected chi connectivity index (χ4v) is 6.86. The highest BCUT2D eigenvalue weighted by Crippen LogP contribution is 2.20. The molecule has 19 heteroatoms. The van der Waals surface area contributed by atoms with Crippen molar-refractivity contribution < 1.29 is 49.2 Å². The van der Waals surface area contributed by atoms with Gasteiger partial charge in [0.15, 0.2) is 11.4 Å². The number of carbonyl (C=O) groups is 6. The third-order valence-electron chi connectivity index (χ3n) is 9.24. The monoisotopic (exact) mass is 916 g/mol. The second-order valence-corrected chi connectivity index (χ2v) is 15.2. The van der Waals surface area contributed by atoms with Gasteiger partial charge in [-0.15, -0.1) is 0 Å². The molecule has 0 aliphatic carbocycles. The van der Waals surface area contributed by atoms with E-state index >= 15 is 0 Å². The minimum atomic E-state index is -1.25. The average molecular weight is 918 g/mol. The van der Waals surface area contributed by atoms with Crippen LogP contribution in [0.2, 0.25) is 15.1 Å². The Hall–Kier alpha value is -7.01. The largest absolute Gasteiger partial charge is 0.481 e. The zero-order chi connectivity index (χ0) is 45.6. The summed E-state index contributed by atoms with van der Waals surface area (Å²) < 4.78 is 2.42. The molecule has 63 heavy (non-hydrogen) atoms. The lowest BCUT2D eigenvalue weighted by atomic mass is 10.0. The third kappa shape index (κ3) is 14.0. The summed E-state index contributed by atoms with van der Waals surface area (Å²) in [5, 5.41) is 52.4. The molecule has 4 aromatic carbocycles. The Kier molecular flexibility index (Phi) is 16.6. The van der Waals surface area contributed by atoms with Gasteiger partial charge in [0, 0.05) is 39.3 Å². The predicted octanol–water partition coefficient (Wildman–Crippen LogP) is 6.85. The minimum absolute atomic E-state index is 0.108. The lowest BCUT2D eigenvalue weighted by Gasteiger charge is -2.17. The van der Waals surface area contributed by atoms with Gasteiger partial charge in [-0.3, -0.25) is 28.5 Å². The van der Waals surface area contributed by atoms with E-state index in [1.54, 1.807) is 72.8 Å². The zero-order valence-corrected chi connectivity index (χ0v) is 35.3. The van der Waals surface area contributed by atoms with Crippen molar-refractivity contribution in [3.8, 4) is 0 Å². The van der Waals surface area contributed by atoms with Crippen LogP contribution >= 0.6 is 34.8 Å². The Morgan fingerprint density at radius 3 is 1.29 bits per heavy atom. The van der Waals surface area contributed by atoms with Crippen LogP contribution in [0, 0.1) is 0 Å². The number of halogens is 3. The van der Waals surface area contributed by atoms with Gasteiger partial charge in [-0.25, -0.2) is 9.59 Å². The third-order valence-corrected chi connectivity index (χ3v) is 10.2. The molecule has 0 aliphatic rings. The molecule has 0 saturated heterocycles. The number of aromatic nitrogens is 4. The first-order valence-electron chi connectivity index (χ1n) is 19.0. The first kappa shape index (κ1) is 47.0. The molecule has 326 valence electrons. The van der Waals surface area contributed by atoms with Gasteiger partial charge in [-0.05, 0) is 59.4 Å². The number of hydrogen-bond acceptors (Lipinski definition) is 8. The van der Waals surface area contributed by atoms with Crippen molar-refractivity contribution in [3.63, 3.8) is 0 Å². The van der Waals surface area contributed by atoms with Crippen LogP contribution in [-0.4, -0.2) is 87.8 Å². The van der Waals surface area contributed by atoms with Crippen molar-refractivity contribution in [1.29, 1.82) is 0 Å². The summed E-state index contributed by atoms with van der Waals surface area (Å²) >= 11 is 18.2. The Morgan fingerprint density at radius 1 is 0.524 bits per heavy atom. The summed E-state index contributed by atoms with van der Waals surface area (Å²) in [6, 6.07) is 30.6. The first-order valence-corrected chi connectivity index (χ1v) is 20.1. The van der Waals surface area contributed by atoms with Crippen LogP contribution in [0.25, 0.3) is 0 Å².